The van der Waals surface area contributed by atoms with E-state index in [0.717, 1.165) is 43.8 Å². The quantitative estimate of drug-likeness (QED) is 0.437. The average molecular weight is 437 g/mol. The molecule has 1 unspecified atom stereocenters. The van der Waals surface area contributed by atoms with Gasteiger partial charge < -0.3 is 10.2 Å². The molecule has 2 rings (SSSR count). The van der Waals surface area contributed by atoms with E-state index in [0.29, 0.717) is 0 Å². The van der Waals surface area contributed by atoms with Crippen LogP contribution in [0.3, 0.4) is 0 Å². The predicted octanol–water partition coefficient (Wildman–Crippen LogP) is 2.37. The second-order valence-corrected chi connectivity index (χ2v) is 6.76. The highest BCUT2D eigenvalue weighted by Gasteiger charge is 2.21. The highest BCUT2D eigenvalue weighted by molar-refractivity contribution is 14.0. The largest absolute Gasteiger partial charge is 0.357 e. The Morgan fingerprint density at radius 2 is 2.32 bits per heavy atom. The van der Waals surface area contributed by atoms with Crippen LogP contribution in [0.15, 0.2) is 17.4 Å². The zero-order valence-corrected chi connectivity index (χ0v) is 16.9. The highest BCUT2D eigenvalue weighted by atomic mass is 127. The van der Waals surface area contributed by atoms with Crippen LogP contribution in [-0.2, 0) is 13.5 Å². The second kappa shape index (κ2) is 10.4. The van der Waals surface area contributed by atoms with Crippen LogP contribution in [0.1, 0.15) is 25.8 Å². The molecule has 0 amide bonds. The smallest absolute Gasteiger partial charge is 0.193 e. The summed E-state index contributed by atoms with van der Waals surface area (Å²) in [4.78, 5) is 7.21. The maximum atomic E-state index is 4.80. The minimum Gasteiger partial charge on any atom is -0.357 e. The van der Waals surface area contributed by atoms with Crippen molar-refractivity contribution in [3.63, 3.8) is 0 Å². The summed E-state index contributed by atoms with van der Waals surface area (Å²) in [6.07, 6.45) is 6.17. The third kappa shape index (κ3) is 5.98. The van der Waals surface area contributed by atoms with Gasteiger partial charge in [-0.3, -0.25) is 9.67 Å². The molecular formula is C15H28IN5S. The molecule has 0 bridgehead atoms. The van der Waals surface area contributed by atoms with E-state index in [1.54, 1.807) is 0 Å². The summed E-state index contributed by atoms with van der Waals surface area (Å²) in [6.45, 7) is 8.35. The first-order chi connectivity index (χ1) is 10.2. The first-order valence-electron chi connectivity index (χ1n) is 7.85. The summed E-state index contributed by atoms with van der Waals surface area (Å²) in [5.41, 5.74) is 1.25. The van der Waals surface area contributed by atoms with Crippen LogP contribution in [0.4, 0.5) is 0 Å². The Morgan fingerprint density at radius 3 is 2.95 bits per heavy atom. The van der Waals surface area contributed by atoms with Crippen molar-refractivity contribution >= 4 is 41.7 Å². The molecule has 126 valence electrons. The fraction of sp³-hybridized carbons (Fsp3) is 0.733. The summed E-state index contributed by atoms with van der Waals surface area (Å²) in [5.74, 6) is 2.27. The van der Waals surface area contributed by atoms with Gasteiger partial charge in [0.2, 0.25) is 0 Å². The Morgan fingerprint density at radius 1 is 1.50 bits per heavy atom. The monoisotopic (exact) mass is 437 g/mol. The van der Waals surface area contributed by atoms with Crippen LogP contribution in [-0.4, -0.2) is 57.8 Å². The molecule has 1 N–H and O–H groups in total. The predicted molar refractivity (Wildman–Crippen MR) is 106 cm³/mol. The van der Waals surface area contributed by atoms with Crippen molar-refractivity contribution in [3.8, 4) is 0 Å². The molecule has 1 aliphatic rings. The van der Waals surface area contributed by atoms with Crippen molar-refractivity contribution in [2.45, 2.75) is 31.9 Å². The van der Waals surface area contributed by atoms with Crippen molar-refractivity contribution in [2.75, 3.05) is 31.9 Å². The highest BCUT2D eigenvalue weighted by Crippen LogP contribution is 2.21. The summed E-state index contributed by atoms with van der Waals surface area (Å²) >= 11 is 2.09. The topological polar surface area (TPSA) is 45.5 Å². The number of guanidine groups is 1. The van der Waals surface area contributed by atoms with Crippen LogP contribution >= 0.6 is 35.7 Å². The average Bonchev–Trinajstić information content (AvgIpc) is 2.92. The van der Waals surface area contributed by atoms with Gasteiger partial charge in [0.15, 0.2) is 5.96 Å². The number of hydrogen-bond acceptors (Lipinski definition) is 3. The Hall–Kier alpha value is -0.440. The van der Waals surface area contributed by atoms with Crippen LogP contribution in [0.25, 0.3) is 0 Å². The molecule has 1 fully saturated rings. The molecule has 0 saturated carbocycles. The summed E-state index contributed by atoms with van der Waals surface area (Å²) in [6, 6.07) is 0. The first-order valence-corrected chi connectivity index (χ1v) is 8.90. The fourth-order valence-corrected chi connectivity index (χ4v) is 3.66. The number of halogens is 1. The van der Waals surface area contributed by atoms with Crippen LogP contribution < -0.4 is 5.32 Å². The van der Waals surface area contributed by atoms with Crippen LogP contribution in [0.5, 0.6) is 0 Å². The third-order valence-electron chi connectivity index (χ3n) is 3.65. The molecule has 0 aromatic carbocycles. The van der Waals surface area contributed by atoms with Crippen molar-refractivity contribution in [1.82, 2.24) is 20.0 Å². The molecule has 22 heavy (non-hydrogen) atoms. The molecule has 0 spiro atoms. The number of aromatic nitrogens is 2. The number of nitrogens with zero attached hydrogens (tertiary/aromatic N) is 4. The summed E-state index contributed by atoms with van der Waals surface area (Å²) in [7, 11) is 1.95. The van der Waals surface area contributed by atoms with Gasteiger partial charge in [-0.25, -0.2) is 0 Å². The van der Waals surface area contributed by atoms with Gasteiger partial charge in [0.25, 0.3) is 0 Å². The number of rotatable bonds is 5. The Labute approximate surface area is 155 Å². The molecule has 1 aromatic heterocycles. The van der Waals surface area contributed by atoms with Gasteiger partial charge in [-0.15, -0.1) is 24.0 Å². The molecule has 2 heterocycles. The lowest BCUT2D eigenvalue weighted by Crippen LogP contribution is -2.48. The van der Waals surface area contributed by atoms with Crippen LogP contribution in [0.2, 0.25) is 0 Å². The summed E-state index contributed by atoms with van der Waals surface area (Å²) < 4.78 is 1.85. The number of nitrogens with one attached hydrogen (secondary N) is 1. The number of aryl methyl sites for hydroxylation is 1. The zero-order chi connectivity index (χ0) is 15.1. The number of thioether (sulfide) groups is 1. The zero-order valence-electron chi connectivity index (χ0n) is 13.8. The lowest BCUT2D eigenvalue weighted by Gasteiger charge is -2.34. The van der Waals surface area contributed by atoms with Gasteiger partial charge in [0.05, 0.1) is 6.20 Å². The van der Waals surface area contributed by atoms with Gasteiger partial charge in [-0.2, -0.15) is 16.9 Å². The minimum atomic E-state index is 0. The second-order valence-electron chi connectivity index (χ2n) is 5.35. The van der Waals surface area contributed by atoms with Crippen molar-refractivity contribution in [2.24, 2.45) is 12.0 Å². The summed E-state index contributed by atoms with van der Waals surface area (Å²) in [5, 5.41) is 8.37. The van der Waals surface area contributed by atoms with E-state index >= 15 is 0 Å². The van der Waals surface area contributed by atoms with E-state index in [1.165, 1.54) is 17.7 Å². The molecular weight excluding hydrogens is 409 g/mol. The van der Waals surface area contributed by atoms with Gasteiger partial charge >= 0.3 is 0 Å². The van der Waals surface area contributed by atoms with Crippen LogP contribution in [0, 0.1) is 0 Å². The lowest BCUT2D eigenvalue weighted by molar-refractivity contribution is 0.408. The van der Waals surface area contributed by atoms with Crippen molar-refractivity contribution in [3.05, 3.63) is 18.0 Å². The normalized spacial score (nSPS) is 19.0. The first kappa shape index (κ1) is 19.6. The van der Waals surface area contributed by atoms with E-state index in [1.807, 2.05) is 17.9 Å². The standard InChI is InChI=1S/C15H27N5S.HI/c1-4-14-12-20(8-9-21-14)15(16-5-2)17-7-6-13-10-18-19(3)11-13;/h10-11,14H,4-9,12H2,1-3H3,(H,16,17);1H. The van der Waals surface area contributed by atoms with Gasteiger partial charge in [-0.05, 0) is 25.3 Å². The van der Waals surface area contributed by atoms with Gasteiger partial charge in [0.1, 0.15) is 0 Å². The van der Waals surface area contributed by atoms with E-state index in [4.69, 9.17) is 4.99 Å². The lowest BCUT2D eigenvalue weighted by atomic mass is 10.2. The molecule has 1 saturated heterocycles. The molecule has 0 aliphatic carbocycles. The Bertz CT molecular complexity index is 463. The Balaban J connectivity index is 0.00000242. The van der Waals surface area contributed by atoms with E-state index in [9.17, 15) is 0 Å². The Kier molecular flexibility index (Phi) is 9.23. The van der Waals surface area contributed by atoms with Crippen molar-refractivity contribution in [1.29, 1.82) is 0 Å². The minimum absolute atomic E-state index is 0. The molecule has 7 heteroatoms. The van der Waals surface area contributed by atoms with E-state index in [-0.39, 0.29) is 24.0 Å². The van der Waals surface area contributed by atoms with E-state index in [2.05, 4.69) is 47.1 Å². The molecule has 5 nitrogen and oxygen atoms in total. The maximum Gasteiger partial charge on any atom is 0.193 e. The fourth-order valence-electron chi connectivity index (χ4n) is 2.48. The molecule has 1 aromatic rings. The number of aliphatic imine (C=N–C) groups is 1. The molecule has 0 radical (unpaired) electrons. The van der Waals surface area contributed by atoms with E-state index < -0.39 is 0 Å². The van der Waals surface area contributed by atoms with Crippen molar-refractivity contribution < 1.29 is 0 Å². The number of hydrogen-bond donors (Lipinski definition) is 1. The van der Waals surface area contributed by atoms with Gasteiger partial charge in [0, 0.05) is 50.4 Å². The molecule has 1 aliphatic heterocycles. The maximum absolute atomic E-state index is 4.80. The molecule has 1 atom stereocenters. The third-order valence-corrected chi connectivity index (χ3v) is 5.02. The SMILES string of the molecule is CCNC(=NCCc1cnn(C)c1)N1CCSC(CC)C1.I. The van der Waals surface area contributed by atoms with Gasteiger partial charge in [-0.1, -0.05) is 6.92 Å².